The maximum atomic E-state index is 13.4. The third-order valence-corrected chi connectivity index (χ3v) is 9.53. The van der Waals surface area contributed by atoms with Gasteiger partial charge in [-0.05, 0) is 48.9 Å². The highest BCUT2D eigenvalue weighted by atomic mass is 32.2. The molecule has 4 aromatic rings. The molecule has 11 heteroatoms. The van der Waals surface area contributed by atoms with E-state index in [9.17, 15) is 22.4 Å². The molecule has 1 fully saturated rings. The number of thioether (sulfide) groups is 1. The van der Waals surface area contributed by atoms with Gasteiger partial charge in [0.1, 0.15) is 5.82 Å². The zero-order valence-corrected chi connectivity index (χ0v) is 22.9. The van der Waals surface area contributed by atoms with E-state index < -0.39 is 10.0 Å². The highest BCUT2D eigenvalue weighted by Crippen LogP contribution is 2.22. The smallest absolute Gasteiger partial charge is 0.262 e. The van der Waals surface area contributed by atoms with E-state index >= 15 is 0 Å². The van der Waals surface area contributed by atoms with Gasteiger partial charge in [-0.25, -0.2) is 17.8 Å². The van der Waals surface area contributed by atoms with Crippen LogP contribution in [0, 0.1) is 12.7 Å². The molecular weight excluding hydrogens is 539 g/mol. The van der Waals surface area contributed by atoms with E-state index in [2.05, 4.69) is 4.98 Å². The number of halogens is 1. The van der Waals surface area contributed by atoms with Crippen molar-refractivity contribution in [3.8, 4) is 0 Å². The lowest BCUT2D eigenvalue weighted by Gasteiger charge is -2.34. The number of amides is 1. The second kappa shape index (κ2) is 11.3. The van der Waals surface area contributed by atoms with Gasteiger partial charge in [-0.3, -0.25) is 14.2 Å². The zero-order valence-electron chi connectivity index (χ0n) is 21.3. The summed E-state index contributed by atoms with van der Waals surface area (Å²) >= 11 is 1.16. The molecule has 0 unspecified atom stereocenters. The number of hydrogen-bond donors (Lipinski definition) is 0. The monoisotopic (exact) mass is 566 g/mol. The lowest BCUT2D eigenvalue weighted by Crippen LogP contribution is -2.51. The number of para-hydroxylation sites is 1. The van der Waals surface area contributed by atoms with Crippen LogP contribution in [0.3, 0.4) is 0 Å². The molecule has 0 aliphatic carbocycles. The first kappa shape index (κ1) is 27.0. The maximum absolute atomic E-state index is 13.4. The standard InChI is InChI=1S/C28H27FN4O4S2/c1-20-6-12-23(13-7-20)39(36,37)32-16-14-31(15-17-32)26(34)19-38-28-30-25-5-3-2-4-24(25)27(35)33(28)18-21-8-10-22(29)11-9-21/h2-13H,14-19H2,1H3. The molecule has 0 radical (unpaired) electrons. The number of sulfonamides is 1. The van der Waals surface area contributed by atoms with Gasteiger partial charge < -0.3 is 4.90 Å². The molecule has 0 atom stereocenters. The van der Waals surface area contributed by atoms with Gasteiger partial charge in [-0.1, -0.05) is 53.7 Å². The molecule has 202 valence electrons. The number of fused-ring (bicyclic) bond motifs is 1. The Morgan fingerprint density at radius 2 is 1.62 bits per heavy atom. The molecule has 1 aliphatic rings. The molecule has 1 aromatic heterocycles. The molecule has 0 saturated carbocycles. The third kappa shape index (κ3) is 5.90. The van der Waals surface area contributed by atoms with Crippen LogP contribution in [0.1, 0.15) is 11.1 Å². The molecule has 0 spiro atoms. The normalized spacial score (nSPS) is 14.6. The van der Waals surface area contributed by atoms with E-state index in [1.807, 2.05) is 6.92 Å². The molecule has 0 N–H and O–H groups in total. The summed E-state index contributed by atoms with van der Waals surface area (Å²) in [5.41, 5.74) is 2.00. The Hall–Kier alpha value is -3.54. The number of rotatable bonds is 7. The largest absolute Gasteiger partial charge is 0.339 e. The van der Waals surface area contributed by atoms with E-state index in [0.29, 0.717) is 16.1 Å². The molecular formula is C28H27FN4O4S2. The van der Waals surface area contributed by atoms with Crippen molar-refractivity contribution in [3.63, 3.8) is 0 Å². The molecule has 3 aromatic carbocycles. The van der Waals surface area contributed by atoms with Crippen molar-refractivity contribution in [3.05, 3.63) is 100 Å². The number of benzene rings is 3. The fourth-order valence-electron chi connectivity index (χ4n) is 4.42. The van der Waals surface area contributed by atoms with E-state index in [1.54, 1.807) is 65.6 Å². The summed E-state index contributed by atoms with van der Waals surface area (Å²) in [6, 6.07) is 19.6. The minimum absolute atomic E-state index is 0.0406. The van der Waals surface area contributed by atoms with Gasteiger partial charge in [0.25, 0.3) is 5.56 Å². The van der Waals surface area contributed by atoms with Crippen molar-refractivity contribution >= 4 is 38.6 Å². The Balaban J connectivity index is 1.29. The van der Waals surface area contributed by atoms with Crippen LogP contribution in [0.4, 0.5) is 4.39 Å². The van der Waals surface area contributed by atoms with Crippen LogP contribution in [0.15, 0.2) is 87.6 Å². The summed E-state index contributed by atoms with van der Waals surface area (Å²) < 4.78 is 42.3. The Labute approximate surface area is 230 Å². The van der Waals surface area contributed by atoms with Crippen LogP contribution >= 0.6 is 11.8 Å². The predicted octanol–water partition coefficient (Wildman–Crippen LogP) is 3.52. The third-order valence-electron chi connectivity index (χ3n) is 6.66. The van der Waals surface area contributed by atoms with Crippen molar-refractivity contribution in [1.29, 1.82) is 0 Å². The number of aryl methyl sites for hydroxylation is 1. The predicted molar refractivity (Wildman–Crippen MR) is 149 cm³/mol. The molecule has 1 amide bonds. The lowest BCUT2D eigenvalue weighted by molar-refractivity contribution is -0.129. The van der Waals surface area contributed by atoms with E-state index in [0.717, 1.165) is 22.9 Å². The Morgan fingerprint density at radius 3 is 2.31 bits per heavy atom. The fraction of sp³-hybridized carbons (Fsp3) is 0.250. The molecule has 39 heavy (non-hydrogen) atoms. The van der Waals surface area contributed by atoms with E-state index in [-0.39, 0.29) is 60.7 Å². The molecule has 5 rings (SSSR count). The molecule has 2 heterocycles. The highest BCUT2D eigenvalue weighted by molar-refractivity contribution is 7.99. The van der Waals surface area contributed by atoms with Crippen molar-refractivity contribution in [2.24, 2.45) is 0 Å². The van der Waals surface area contributed by atoms with Gasteiger partial charge >= 0.3 is 0 Å². The van der Waals surface area contributed by atoms with Crippen molar-refractivity contribution in [2.45, 2.75) is 23.5 Å². The van der Waals surface area contributed by atoms with Gasteiger partial charge in [-0.15, -0.1) is 0 Å². The average Bonchev–Trinajstić information content (AvgIpc) is 2.95. The Morgan fingerprint density at radius 1 is 0.949 bits per heavy atom. The van der Waals surface area contributed by atoms with Crippen LogP contribution in [-0.4, -0.2) is 65.0 Å². The highest BCUT2D eigenvalue weighted by Gasteiger charge is 2.30. The van der Waals surface area contributed by atoms with Crippen LogP contribution in [0.5, 0.6) is 0 Å². The van der Waals surface area contributed by atoms with Crippen LogP contribution < -0.4 is 5.56 Å². The number of carbonyl (C=O) groups excluding carboxylic acids is 1. The summed E-state index contributed by atoms with van der Waals surface area (Å²) in [5, 5.41) is 0.846. The van der Waals surface area contributed by atoms with Gasteiger partial charge in [-0.2, -0.15) is 4.31 Å². The van der Waals surface area contributed by atoms with Crippen molar-refractivity contribution in [2.75, 3.05) is 31.9 Å². The molecule has 1 saturated heterocycles. The first-order valence-electron chi connectivity index (χ1n) is 12.4. The first-order valence-corrected chi connectivity index (χ1v) is 14.9. The average molecular weight is 567 g/mol. The summed E-state index contributed by atoms with van der Waals surface area (Å²) in [4.78, 5) is 32.9. The Kier molecular flexibility index (Phi) is 7.83. The number of carbonyl (C=O) groups is 1. The lowest BCUT2D eigenvalue weighted by atomic mass is 10.2. The minimum atomic E-state index is -3.63. The van der Waals surface area contributed by atoms with Gasteiger partial charge in [0, 0.05) is 26.2 Å². The first-order chi connectivity index (χ1) is 18.7. The van der Waals surface area contributed by atoms with Gasteiger partial charge in [0.2, 0.25) is 15.9 Å². The Bertz CT molecular complexity index is 1670. The summed E-state index contributed by atoms with van der Waals surface area (Å²) in [5.74, 6) is -0.489. The summed E-state index contributed by atoms with van der Waals surface area (Å²) in [7, 11) is -3.63. The van der Waals surface area contributed by atoms with Crippen molar-refractivity contribution in [1.82, 2.24) is 18.8 Å². The van der Waals surface area contributed by atoms with Crippen LogP contribution in [0.2, 0.25) is 0 Å². The SMILES string of the molecule is Cc1ccc(S(=O)(=O)N2CCN(C(=O)CSc3nc4ccccc4c(=O)n3Cc3ccc(F)cc3)CC2)cc1. The number of nitrogens with zero attached hydrogens (tertiary/aromatic N) is 4. The second-order valence-electron chi connectivity index (χ2n) is 9.32. The summed E-state index contributed by atoms with van der Waals surface area (Å²) in [6.45, 7) is 3.04. The number of piperazine rings is 1. The second-order valence-corrected chi connectivity index (χ2v) is 12.2. The molecule has 1 aliphatic heterocycles. The van der Waals surface area contributed by atoms with Crippen molar-refractivity contribution < 1.29 is 17.6 Å². The fourth-order valence-corrected chi connectivity index (χ4v) is 6.75. The molecule has 0 bridgehead atoms. The topological polar surface area (TPSA) is 92.6 Å². The van der Waals surface area contributed by atoms with E-state index in [4.69, 9.17) is 0 Å². The van der Waals surface area contributed by atoms with Crippen LogP contribution in [-0.2, 0) is 21.4 Å². The van der Waals surface area contributed by atoms with E-state index in [1.165, 1.54) is 21.0 Å². The minimum Gasteiger partial charge on any atom is -0.339 e. The summed E-state index contributed by atoms with van der Waals surface area (Å²) in [6.07, 6.45) is 0. The zero-order chi connectivity index (χ0) is 27.6. The quantitative estimate of drug-likeness (QED) is 0.251. The van der Waals surface area contributed by atoms with Gasteiger partial charge in [0.05, 0.1) is 28.1 Å². The number of hydrogen-bond acceptors (Lipinski definition) is 6. The maximum Gasteiger partial charge on any atom is 0.262 e. The van der Waals surface area contributed by atoms with Gasteiger partial charge in [0.15, 0.2) is 5.16 Å². The number of aromatic nitrogens is 2. The molecule has 8 nitrogen and oxygen atoms in total. The van der Waals surface area contributed by atoms with Crippen LogP contribution in [0.25, 0.3) is 10.9 Å².